The van der Waals surface area contributed by atoms with Crippen molar-refractivity contribution in [2.75, 3.05) is 19.7 Å². The van der Waals surface area contributed by atoms with Crippen LogP contribution in [-0.4, -0.2) is 30.5 Å². The van der Waals surface area contributed by atoms with Crippen LogP contribution < -0.4 is 0 Å². The van der Waals surface area contributed by atoms with Crippen molar-refractivity contribution >= 4 is 5.91 Å². The fourth-order valence-corrected chi connectivity index (χ4v) is 2.91. The highest BCUT2D eigenvalue weighted by Crippen LogP contribution is 2.25. The second kappa shape index (κ2) is 7.14. The molecule has 1 heterocycles. The van der Waals surface area contributed by atoms with Gasteiger partial charge in [0.2, 0.25) is 0 Å². The monoisotopic (exact) mass is 327 g/mol. The smallest absolute Gasteiger partial charge is 0.254 e. The normalized spacial score (nSPS) is 18.0. The molecule has 1 atom stereocenters. The number of hydrogen-bond acceptors (Lipinski definition) is 2. The van der Waals surface area contributed by atoms with Crippen LogP contribution >= 0.6 is 0 Å². The van der Waals surface area contributed by atoms with Gasteiger partial charge in [0.1, 0.15) is 11.9 Å². The molecular formula is C20H22FNO2. The molecule has 0 saturated carbocycles. The SMILES string of the molecule is CC(C)c1ccc(C2CN(C(=O)c3ccc(F)cc3)CCO2)cc1. The molecule has 126 valence electrons. The van der Waals surface area contributed by atoms with Gasteiger partial charge >= 0.3 is 0 Å². The van der Waals surface area contributed by atoms with Gasteiger partial charge in [-0.25, -0.2) is 4.39 Å². The van der Waals surface area contributed by atoms with E-state index < -0.39 is 0 Å². The molecule has 24 heavy (non-hydrogen) atoms. The van der Waals surface area contributed by atoms with E-state index in [0.717, 1.165) is 5.56 Å². The van der Waals surface area contributed by atoms with E-state index in [2.05, 4.69) is 38.1 Å². The van der Waals surface area contributed by atoms with Gasteiger partial charge in [0, 0.05) is 12.1 Å². The van der Waals surface area contributed by atoms with Crippen molar-refractivity contribution in [3.8, 4) is 0 Å². The molecule has 2 aromatic rings. The lowest BCUT2D eigenvalue weighted by atomic mass is 9.99. The first-order valence-corrected chi connectivity index (χ1v) is 8.31. The average molecular weight is 327 g/mol. The summed E-state index contributed by atoms with van der Waals surface area (Å²) in [6.07, 6.45) is -0.121. The maximum Gasteiger partial charge on any atom is 0.254 e. The Morgan fingerprint density at radius 1 is 1.12 bits per heavy atom. The number of halogens is 1. The van der Waals surface area contributed by atoms with Gasteiger partial charge in [-0.05, 0) is 41.3 Å². The molecule has 0 N–H and O–H groups in total. The second-order valence-electron chi connectivity index (χ2n) is 6.44. The molecule has 0 bridgehead atoms. The highest BCUT2D eigenvalue weighted by Gasteiger charge is 2.26. The van der Waals surface area contributed by atoms with E-state index in [1.165, 1.54) is 29.8 Å². The van der Waals surface area contributed by atoms with Crippen LogP contribution in [0.25, 0.3) is 0 Å². The maximum absolute atomic E-state index is 13.0. The van der Waals surface area contributed by atoms with Gasteiger partial charge < -0.3 is 9.64 Å². The summed E-state index contributed by atoms with van der Waals surface area (Å²) >= 11 is 0. The Balaban J connectivity index is 1.71. The van der Waals surface area contributed by atoms with E-state index in [9.17, 15) is 9.18 Å². The van der Waals surface area contributed by atoms with Gasteiger partial charge in [-0.1, -0.05) is 38.1 Å². The van der Waals surface area contributed by atoms with E-state index in [-0.39, 0.29) is 17.8 Å². The van der Waals surface area contributed by atoms with Crippen LogP contribution in [0.15, 0.2) is 48.5 Å². The lowest BCUT2D eigenvalue weighted by Gasteiger charge is -2.33. The zero-order valence-corrected chi connectivity index (χ0v) is 14.0. The Morgan fingerprint density at radius 3 is 2.42 bits per heavy atom. The Kier molecular flexibility index (Phi) is 4.95. The lowest BCUT2D eigenvalue weighted by Crippen LogP contribution is -2.42. The molecule has 0 radical (unpaired) electrons. The van der Waals surface area contributed by atoms with Crippen LogP contribution in [0.5, 0.6) is 0 Å². The zero-order chi connectivity index (χ0) is 17.1. The maximum atomic E-state index is 13.0. The minimum Gasteiger partial charge on any atom is -0.370 e. The van der Waals surface area contributed by atoms with Gasteiger partial charge in [0.25, 0.3) is 5.91 Å². The first-order chi connectivity index (χ1) is 11.5. The summed E-state index contributed by atoms with van der Waals surface area (Å²) in [6, 6.07) is 14.1. The molecule has 1 aliphatic heterocycles. The standard InChI is InChI=1S/C20H22FNO2/c1-14(2)15-3-5-16(6-4-15)19-13-22(11-12-24-19)20(23)17-7-9-18(21)10-8-17/h3-10,14,19H,11-13H2,1-2H3. The number of ether oxygens (including phenoxy) is 1. The summed E-state index contributed by atoms with van der Waals surface area (Å²) in [5.74, 6) is 0.0709. The van der Waals surface area contributed by atoms with Crippen molar-refractivity contribution in [2.45, 2.75) is 25.9 Å². The Labute approximate surface area is 142 Å². The topological polar surface area (TPSA) is 29.5 Å². The average Bonchev–Trinajstić information content (AvgIpc) is 2.62. The van der Waals surface area contributed by atoms with Crippen molar-refractivity contribution in [3.05, 3.63) is 71.0 Å². The minimum absolute atomic E-state index is 0.0814. The van der Waals surface area contributed by atoms with Gasteiger partial charge in [0.05, 0.1) is 13.2 Å². The van der Waals surface area contributed by atoms with Crippen molar-refractivity contribution in [2.24, 2.45) is 0 Å². The third kappa shape index (κ3) is 3.65. The molecule has 3 nitrogen and oxygen atoms in total. The first kappa shape index (κ1) is 16.7. The molecule has 3 rings (SSSR count). The summed E-state index contributed by atoms with van der Waals surface area (Å²) in [5.41, 5.74) is 2.87. The molecule has 1 saturated heterocycles. The highest BCUT2D eigenvalue weighted by atomic mass is 19.1. The second-order valence-corrected chi connectivity index (χ2v) is 6.44. The number of carbonyl (C=O) groups excluding carboxylic acids is 1. The molecule has 0 aromatic heterocycles. The van der Waals surface area contributed by atoms with Crippen LogP contribution in [0, 0.1) is 5.82 Å². The predicted octanol–water partition coefficient (Wildman–Crippen LogP) is 4.16. The Hall–Kier alpha value is -2.20. The number of nitrogens with zero attached hydrogens (tertiary/aromatic N) is 1. The molecule has 1 amide bonds. The number of carbonyl (C=O) groups is 1. The van der Waals surface area contributed by atoms with Crippen LogP contribution in [0.2, 0.25) is 0 Å². The molecule has 0 aliphatic carbocycles. The molecule has 1 fully saturated rings. The molecule has 1 aliphatic rings. The van der Waals surface area contributed by atoms with Crippen LogP contribution in [0.3, 0.4) is 0 Å². The molecule has 2 aromatic carbocycles. The van der Waals surface area contributed by atoms with Crippen LogP contribution in [0.1, 0.15) is 47.4 Å². The van der Waals surface area contributed by atoms with E-state index >= 15 is 0 Å². The van der Waals surface area contributed by atoms with Gasteiger partial charge in [-0.2, -0.15) is 0 Å². The number of hydrogen-bond donors (Lipinski definition) is 0. The Bertz CT molecular complexity index is 695. The van der Waals surface area contributed by atoms with E-state index in [1.54, 1.807) is 4.90 Å². The van der Waals surface area contributed by atoms with Gasteiger partial charge in [0.15, 0.2) is 0 Å². The summed E-state index contributed by atoms with van der Waals surface area (Å²) in [7, 11) is 0. The molecule has 4 heteroatoms. The Morgan fingerprint density at radius 2 is 1.79 bits per heavy atom. The highest BCUT2D eigenvalue weighted by molar-refractivity contribution is 5.94. The quantitative estimate of drug-likeness (QED) is 0.847. The van der Waals surface area contributed by atoms with Crippen molar-refractivity contribution in [3.63, 3.8) is 0 Å². The predicted molar refractivity (Wildman–Crippen MR) is 91.5 cm³/mol. The number of amides is 1. The van der Waals surface area contributed by atoms with E-state index in [1.807, 2.05) is 0 Å². The molecule has 1 unspecified atom stereocenters. The summed E-state index contributed by atoms with van der Waals surface area (Å²) in [4.78, 5) is 14.4. The minimum atomic E-state index is -0.336. The molecule has 0 spiro atoms. The number of benzene rings is 2. The third-order valence-electron chi connectivity index (χ3n) is 4.42. The summed E-state index contributed by atoms with van der Waals surface area (Å²) in [6.45, 7) is 5.89. The largest absolute Gasteiger partial charge is 0.370 e. The summed E-state index contributed by atoms with van der Waals surface area (Å²) < 4.78 is 18.9. The third-order valence-corrected chi connectivity index (χ3v) is 4.42. The van der Waals surface area contributed by atoms with E-state index in [0.29, 0.717) is 31.2 Å². The number of rotatable bonds is 3. The van der Waals surface area contributed by atoms with E-state index in [4.69, 9.17) is 4.74 Å². The van der Waals surface area contributed by atoms with Crippen molar-refractivity contribution < 1.29 is 13.9 Å². The van der Waals surface area contributed by atoms with Crippen molar-refractivity contribution in [1.82, 2.24) is 4.90 Å². The summed E-state index contributed by atoms with van der Waals surface area (Å²) in [5, 5.41) is 0. The first-order valence-electron chi connectivity index (χ1n) is 8.31. The van der Waals surface area contributed by atoms with Gasteiger partial charge in [-0.3, -0.25) is 4.79 Å². The fourth-order valence-electron chi connectivity index (χ4n) is 2.91. The number of morpholine rings is 1. The molecular weight excluding hydrogens is 305 g/mol. The van der Waals surface area contributed by atoms with Crippen molar-refractivity contribution in [1.29, 1.82) is 0 Å². The fraction of sp³-hybridized carbons (Fsp3) is 0.350. The lowest BCUT2D eigenvalue weighted by molar-refractivity contribution is -0.0228. The van der Waals surface area contributed by atoms with Crippen LogP contribution in [-0.2, 0) is 4.74 Å². The van der Waals surface area contributed by atoms with Gasteiger partial charge in [-0.15, -0.1) is 0 Å². The van der Waals surface area contributed by atoms with Crippen LogP contribution in [0.4, 0.5) is 4.39 Å². The zero-order valence-electron chi connectivity index (χ0n) is 14.0.